The van der Waals surface area contributed by atoms with Gasteiger partial charge < -0.3 is 9.13 Å². The fourth-order valence-corrected chi connectivity index (χ4v) is 10.1. The smallest absolute Gasteiger partial charge is 0.0547 e. The second-order valence-electron chi connectivity index (χ2n) is 14.5. The third kappa shape index (κ3) is 4.60. The molecule has 12 rings (SSSR count). The Balaban J connectivity index is 1.01. The van der Waals surface area contributed by atoms with Crippen LogP contribution in [0.25, 0.3) is 108 Å². The van der Waals surface area contributed by atoms with Gasteiger partial charge >= 0.3 is 0 Å². The minimum atomic E-state index is 1.16. The number of rotatable bonds is 4. The van der Waals surface area contributed by atoms with Gasteiger partial charge in [-0.2, -0.15) is 0 Å². The predicted molar refractivity (Wildman–Crippen MR) is 236 cm³/mol. The maximum Gasteiger partial charge on any atom is 0.0547 e. The lowest BCUT2D eigenvalue weighted by atomic mass is 10.0. The van der Waals surface area contributed by atoms with E-state index in [9.17, 15) is 0 Å². The first kappa shape index (κ1) is 30.5. The van der Waals surface area contributed by atoms with Crippen molar-refractivity contribution >= 4 is 85.9 Å². The number of thiophene rings is 1. The molecule has 0 aliphatic rings. The fourth-order valence-electron chi connectivity index (χ4n) is 8.97. The molecule has 0 amide bonds. The molecule has 0 aliphatic carbocycles. The Kier molecular flexibility index (Phi) is 6.54. The summed E-state index contributed by atoms with van der Waals surface area (Å²) in [6.45, 7) is 0. The van der Waals surface area contributed by atoms with Crippen LogP contribution in [-0.2, 0) is 0 Å². The Bertz CT molecular complexity index is 3500. The van der Waals surface area contributed by atoms with E-state index in [1.807, 2.05) is 11.3 Å². The minimum absolute atomic E-state index is 1.16. The van der Waals surface area contributed by atoms with Crippen LogP contribution in [0.15, 0.2) is 194 Å². The molecule has 0 bridgehead atoms. The molecule has 3 heteroatoms. The van der Waals surface area contributed by atoms with Crippen molar-refractivity contribution in [1.82, 2.24) is 9.13 Å². The van der Waals surface area contributed by atoms with Crippen molar-refractivity contribution in [3.63, 3.8) is 0 Å². The molecule has 0 unspecified atom stereocenters. The van der Waals surface area contributed by atoms with Gasteiger partial charge in [-0.3, -0.25) is 0 Å². The van der Waals surface area contributed by atoms with Crippen LogP contribution in [-0.4, -0.2) is 9.13 Å². The zero-order valence-electron chi connectivity index (χ0n) is 29.8. The average Bonchev–Trinajstić information content (AvgIpc) is 3.90. The van der Waals surface area contributed by atoms with Crippen molar-refractivity contribution < 1.29 is 0 Å². The van der Waals surface area contributed by atoms with Crippen molar-refractivity contribution in [2.75, 3.05) is 0 Å². The second kappa shape index (κ2) is 11.8. The third-order valence-corrected chi connectivity index (χ3v) is 12.6. The number of hydrogen-bond donors (Lipinski definition) is 0. The summed E-state index contributed by atoms with van der Waals surface area (Å²) in [5, 5.41) is 10.2. The van der Waals surface area contributed by atoms with Gasteiger partial charge in [0.05, 0.1) is 27.8 Å². The van der Waals surface area contributed by atoms with Gasteiger partial charge in [0.15, 0.2) is 0 Å². The Hall–Kier alpha value is -6.94. The van der Waals surface area contributed by atoms with Crippen LogP contribution >= 0.6 is 11.3 Å². The highest BCUT2D eigenvalue weighted by Crippen LogP contribution is 2.41. The minimum Gasteiger partial charge on any atom is -0.309 e. The molecule has 0 saturated carbocycles. The summed E-state index contributed by atoms with van der Waals surface area (Å²) in [6, 6.07) is 71.5. The monoisotopic (exact) mass is 716 g/mol. The summed E-state index contributed by atoms with van der Waals surface area (Å²) in [5.41, 5.74) is 12.1. The van der Waals surface area contributed by atoms with Gasteiger partial charge in [-0.15, -0.1) is 11.3 Å². The van der Waals surface area contributed by atoms with E-state index in [2.05, 4.69) is 203 Å². The second-order valence-corrected chi connectivity index (χ2v) is 15.6. The van der Waals surface area contributed by atoms with Crippen LogP contribution in [0.2, 0.25) is 0 Å². The molecule has 0 saturated heterocycles. The van der Waals surface area contributed by atoms with E-state index in [1.165, 1.54) is 102 Å². The average molecular weight is 717 g/mol. The van der Waals surface area contributed by atoms with Gasteiger partial charge in [-0.25, -0.2) is 0 Å². The summed E-state index contributed by atoms with van der Waals surface area (Å²) >= 11 is 1.87. The molecule has 55 heavy (non-hydrogen) atoms. The molecule has 0 radical (unpaired) electrons. The lowest BCUT2D eigenvalue weighted by Crippen LogP contribution is -1.95. The molecule has 0 atom stereocenters. The summed E-state index contributed by atoms with van der Waals surface area (Å²) in [4.78, 5) is 0. The standard InChI is InChI=1S/C52H32N2S/c1-2-15-39-33(11-1)12-10-21-46(39)54-48-20-7-3-16-40(48)42-26-23-36(31-50(42)54)35-25-28-49-45(30-35)41-17-4-6-19-47(41)53(49)38-14-9-13-34(29-38)37-24-27-44-43-18-5-8-22-51(43)55-52(44)32-37/h1-32H. The van der Waals surface area contributed by atoms with Gasteiger partial charge in [0.25, 0.3) is 0 Å². The highest BCUT2D eigenvalue weighted by molar-refractivity contribution is 7.25. The van der Waals surface area contributed by atoms with E-state index in [0.717, 1.165) is 5.69 Å². The molecule has 2 nitrogen and oxygen atoms in total. The number of benzene rings is 9. The molecule has 12 aromatic rings. The fraction of sp³-hybridized carbons (Fsp3) is 0. The SMILES string of the molecule is c1cc(-c2ccc3c(c2)sc2ccccc23)cc(-n2c3ccccc3c3cc(-c4ccc5c6ccccc6n(-c6cccc7ccccc67)c5c4)ccc32)c1. The van der Waals surface area contributed by atoms with Crippen molar-refractivity contribution in [2.45, 2.75) is 0 Å². The van der Waals surface area contributed by atoms with E-state index in [-0.39, 0.29) is 0 Å². The Morgan fingerprint density at radius 3 is 1.73 bits per heavy atom. The van der Waals surface area contributed by atoms with Crippen LogP contribution in [0.3, 0.4) is 0 Å². The molecule has 0 aliphatic heterocycles. The molecule has 3 aromatic heterocycles. The molecule has 0 N–H and O–H groups in total. The first-order chi connectivity index (χ1) is 27.3. The largest absolute Gasteiger partial charge is 0.309 e. The number of aromatic nitrogens is 2. The lowest BCUT2D eigenvalue weighted by Gasteiger charge is -2.12. The van der Waals surface area contributed by atoms with Gasteiger partial charge in [0.1, 0.15) is 0 Å². The molecular formula is C52H32N2S. The van der Waals surface area contributed by atoms with Crippen molar-refractivity contribution in [3.8, 4) is 33.6 Å². The van der Waals surface area contributed by atoms with Crippen molar-refractivity contribution in [3.05, 3.63) is 194 Å². The van der Waals surface area contributed by atoms with Crippen LogP contribution in [0.4, 0.5) is 0 Å². The number of para-hydroxylation sites is 2. The summed E-state index contributed by atoms with van der Waals surface area (Å²) < 4.78 is 7.54. The molecule has 3 heterocycles. The number of fused-ring (bicyclic) bond motifs is 10. The van der Waals surface area contributed by atoms with E-state index < -0.39 is 0 Å². The van der Waals surface area contributed by atoms with E-state index in [1.54, 1.807) is 0 Å². The zero-order valence-corrected chi connectivity index (χ0v) is 30.6. The topological polar surface area (TPSA) is 9.86 Å². The normalized spacial score (nSPS) is 12.0. The summed E-state index contributed by atoms with van der Waals surface area (Å²) in [5.74, 6) is 0. The van der Waals surface area contributed by atoms with Crippen LogP contribution in [0.5, 0.6) is 0 Å². The lowest BCUT2D eigenvalue weighted by molar-refractivity contribution is 1.18. The van der Waals surface area contributed by atoms with Gasteiger partial charge in [0, 0.05) is 52.8 Å². The highest BCUT2D eigenvalue weighted by Gasteiger charge is 2.17. The quantitative estimate of drug-likeness (QED) is 0.172. The van der Waals surface area contributed by atoms with Gasteiger partial charge in [-0.05, 0) is 88.3 Å². The van der Waals surface area contributed by atoms with E-state index >= 15 is 0 Å². The van der Waals surface area contributed by atoms with Gasteiger partial charge in [0.2, 0.25) is 0 Å². The summed E-state index contributed by atoms with van der Waals surface area (Å²) in [7, 11) is 0. The number of hydrogen-bond acceptors (Lipinski definition) is 1. The molecule has 0 fully saturated rings. The molecule has 256 valence electrons. The van der Waals surface area contributed by atoms with E-state index in [0.29, 0.717) is 0 Å². The first-order valence-corrected chi connectivity index (χ1v) is 19.7. The predicted octanol–water partition coefficient (Wildman–Crippen LogP) is 14.7. The maximum absolute atomic E-state index is 2.45. The van der Waals surface area contributed by atoms with Crippen molar-refractivity contribution in [1.29, 1.82) is 0 Å². The molecule has 0 spiro atoms. The third-order valence-electron chi connectivity index (χ3n) is 11.5. The van der Waals surface area contributed by atoms with Crippen LogP contribution in [0, 0.1) is 0 Å². The molecule has 9 aromatic carbocycles. The van der Waals surface area contributed by atoms with E-state index in [4.69, 9.17) is 0 Å². The van der Waals surface area contributed by atoms with Crippen LogP contribution in [0.1, 0.15) is 0 Å². The zero-order chi connectivity index (χ0) is 36.0. The number of nitrogens with zero attached hydrogens (tertiary/aromatic N) is 2. The summed E-state index contributed by atoms with van der Waals surface area (Å²) in [6.07, 6.45) is 0. The maximum atomic E-state index is 2.45. The van der Waals surface area contributed by atoms with Gasteiger partial charge in [-0.1, -0.05) is 133 Å². The highest BCUT2D eigenvalue weighted by atomic mass is 32.1. The first-order valence-electron chi connectivity index (χ1n) is 18.8. The Morgan fingerprint density at radius 1 is 0.291 bits per heavy atom. The Morgan fingerprint density at radius 2 is 0.855 bits per heavy atom. The van der Waals surface area contributed by atoms with Crippen molar-refractivity contribution in [2.24, 2.45) is 0 Å². The Labute approximate surface area is 321 Å². The molecular weight excluding hydrogens is 685 g/mol. The van der Waals surface area contributed by atoms with Crippen LogP contribution < -0.4 is 0 Å².